The molecule has 0 atom stereocenters. The van der Waals surface area contributed by atoms with Gasteiger partial charge in [-0.1, -0.05) is 12.1 Å². The topological polar surface area (TPSA) is 60.5 Å². The third-order valence-corrected chi connectivity index (χ3v) is 4.15. The van der Waals surface area contributed by atoms with Crippen LogP contribution in [0.3, 0.4) is 0 Å². The Morgan fingerprint density at radius 3 is 2.90 bits per heavy atom. The van der Waals surface area contributed by atoms with Crippen LogP contribution in [0.2, 0.25) is 0 Å². The number of para-hydroxylation sites is 1. The van der Waals surface area contributed by atoms with Gasteiger partial charge in [0.05, 0.1) is 10.2 Å². The lowest BCUT2D eigenvalue weighted by atomic mass is 10.3. The van der Waals surface area contributed by atoms with Crippen molar-refractivity contribution in [3.05, 3.63) is 47.5 Å². The number of benzene rings is 2. The van der Waals surface area contributed by atoms with Crippen molar-refractivity contribution in [2.24, 2.45) is 0 Å². The van der Waals surface area contributed by atoms with Gasteiger partial charge in [0.1, 0.15) is 0 Å². The molecule has 2 heterocycles. The van der Waals surface area contributed by atoms with Crippen LogP contribution in [0.15, 0.2) is 42.5 Å². The maximum atomic E-state index is 12.2. The average Bonchev–Trinajstić information content (AvgIpc) is 3.13. The van der Waals surface area contributed by atoms with Crippen LogP contribution in [0.1, 0.15) is 9.80 Å². The molecule has 0 saturated carbocycles. The van der Waals surface area contributed by atoms with Gasteiger partial charge < -0.3 is 14.8 Å². The Morgan fingerprint density at radius 1 is 1.14 bits per heavy atom. The Kier molecular flexibility index (Phi) is 2.75. The molecule has 0 aliphatic carbocycles. The number of thiazole rings is 1. The molecule has 0 fully saturated rings. The lowest BCUT2D eigenvalue weighted by Gasteiger charge is -2.03. The summed E-state index contributed by atoms with van der Waals surface area (Å²) in [4.78, 5) is 16.6. The number of hydrogen-bond donors (Lipinski definition) is 1. The van der Waals surface area contributed by atoms with Crippen molar-refractivity contribution >= 4 is 33.1 Å². The monoisotopic (exact) mass is 298 g/mol. The van der Waals surface area contributed by atoms with Gasteiger partial charge >= 0.3 is 0 Å². The number of rotatable bonds is 2. The van der Waals surface area contributed by atoms with E-state index >= 15 is 0 Å². The maximum absolute atomic E-state index is 12.2. The minimum atomic E-state index is -0.227. The second-order valence-electron chi connectivity index (χ2n) is 4.51. The molecule has 0 unspecified atom stereocenters. The number of amides is 1. The molecule has 1 aliphatic heterocycles. The van der Waals surface area contributed by atoms with E-state index in [1.54, 1.807) is 18.2 Å². The highest BCUT2D eigenvalue weighted by molar-refractivity contribution is 7.20. The lowest BCUT2D eigenvalue weighted by Crippen LogP contribution is -2.11. The molecular weight excluding hydrogens is 288 g/mol. The summed E-state index contributed by atoms with van der Waals surface area (Å²) in [6.45, 7) is 0.213. The minimum absolute atomic E-state index is 0.213. The number of ether oxygens (including phenoxy) is 2. The van der Waals surface area contributed by atoms with Gasteiger partial charge in [0.15, 0.2) is 16.5 Å². The van der Waals surface area contributed by atoms with E-state index in [0.717, 1.165) is 10.2 Å². The summed E-state index contributed by atoms with van der Waals surface area (Å²) in [6, 6.07) is 13.0. The van der Waals surface area contributed by atoms with Crippen molar-refractivity contribution in [2.75, 3.05) is 12.1 Å². The summed E-state index contributed by atoms with van der Waals surface area (Å²) >= 11 is 1.37. The fourth-order valence-corrected chi connectivity index (χ4v) is 2.99. The van der Waals surface area contributed by atoms with E-state index in [2.05, 4.69) is 10.3 Å². The van der Waals surface area contributed by atoms with Crippen LogP contribution in [-0.2, 0) is 0 Å². The van der Waals surface area contributed by atoms with E-state index in [0.29, 0.717) is 22.2 Å². The normalized spacial score (nSPS) is 12.6. The number of nitrogens with zero attached hydrogens (tertiary/aromatic N) is 1. The van der Waals surface area contributed by atoms with E-state index in [9.17, 15) is 4.79 Å². The fraction of sp³-hybridized carbons (Fsp3) is 0.0667. The minimum Gasteiger partial charge on any atom is -0.454 e. The SMILES string of the molecule is O=C(Nc1ccc2c(c1)OCO2)c1nc2ccccc2s1. The Bertz CT molecular complexity index is 811. The molecular formula is C15H10N2O3S. The van der Waals surface area contributed by atoms with Gasteiger partial charge in [-0.15, -0.1) is 11.3 Å². The summed E-state index contributed by atoms with van der Waals surface area (Å²) in [6.07, 6.45) is 0. The molecule has 104 valence electrons. The number of aromatic nitrogens is 1. The van der Waals surface area contributed by atoms with Gasteiger partial charge in [0.25, 0.3) is 5.91 Å². The van der Waals surface area contributed by atoms with Crippen LogP contribution in [0, 0.1) is 0 Å². The molecule has 3 aromatic rings. The van der Waals surface area contributed by atoms with Crippen LogP contribution >= 0.6 is 11.3 Å². The zero-order valence-electron chi connectivity index (χ0n) is 10.8. The predicted molar refractivity (Wildman–Crippen MR) is 80.1 cm³/mol. The first-order chi connectivity index (χ1) is 10.3. The predicted octanol–water partition coefficient (Wildman–Crippen LogP) is 3.28. The zero-order chi connectivity index (χ0) is 14.2. The first-order valence-corrected chi connectivity index (χ1v) is 7.18. The molecule has 1 amide bonds. The lowest BCUT2D eigenvalue weighted by molar-refractivity contribution is 0.102. The van der Waals surface area contributed by atoms with E-state index in [4.69, 9.17) is 9.47 Å². The highest BCUT2D eigenvalue weighted by atomic mass is 32.1. The average molecular weight is 298 g/mol. The molecule has 1 aromatic heterocycles. The molecule has 6 heteroatoms. The van der Waals surface area contributed by atoms with Crippen molar-refractivity contribution in [1.29, 1.82) is 0 Å². The van der Waals surface area contributed by atoms with Crippen molar-refractivity contribution in [3.63, 3.8) is 0 Å². The van der Waals surface area contributed by atoms with Gasteiger partial charge in [-0.25, -0.2) is 4.98 Å². The zero-order valence-corrected chi connectivity index (χ0v) is 11.6. The first-order valence-electron chi connectivity index (χ1n) is 6.36. The van der Waals surface area contributed by atoms with Crippen molar-refractivity contribution in [3.8, 4) is 11.5 Å². The molecule has 2 aromatic carbocycles. The van der Waals surface area contributed by atoms with Crippen LogP contribution in [0.25, 0.3) is 10.2 Å². The largest absolute Gasteiger partial charge is 0.454 e. The maximum Gasteiger partial charge on any atom is 0.284 e. The van der Waals surface area contributed by atoms with Crippen LogP contribution in [-0.4, -0.2) is 17.7 Å². The van der Waals surface area contributed by atoms with Crippen LogP contribution in [0.4, 0.5) is 5.69 Å². The number of carbonyl (C=O) groups excluding carboxylic acids is 1. The Balaban J connectivity index is 1.60. The molecule has 0 spiro atoms. The van der Waals surface area contributed by atoms with Crippen LogP contribution < -0.4 is 14.8 Å². The summed E-state index contributed by atoms with van der Waals surface area (Å²) in [5, 5.41) is 3.26. The standard InChI is InChI=1S/C15H10N2O3S/c18-14(15-17-10-3-1-2-4-13(10)21-15)16-9-5-6-11-12(7-9)20-8-19-11/h1-7H,8H2,(H,16,18). The van der Waals surface area contributed by atoms with Gasteiger partial charge in [-0.05, 0) is 24.3 Å². The molecule has 0 radical (unpaired) electrons. The quantitative estimate of drug-likeness (QED) is 0.788. The molecule has 5 nitrogen and oxygen atoms in total. The van der Waals surface area contributed by atoms with Crippen molar-refractivity contribution in [1.82, 2.24) is 4.98 Å². The third kappa shape index (κ3) is 2.19. The van der Waals surface area contributed by atoms with Gasteiger partial charge in [0.2, 0.25) is 6.79 Å². The highest BCUT2D eigenvalue weighted by Gasteiger charge is 2.16. The smallest absolute Gasteiger partial charge is 0.284 e. The second kappa shape index (κ2) is 4.75. The second-order valence-corrected chi connectivity index (χ2v) is 5.54. The molecule has 4 rings (SSSR count). The molecule has 1 N–H and O–H groups in total. The summed E-state index contributed by atoms with van der Waals surface area (Å²) in [7, 11) is 0. The highest BCUT2D eigenvalue weighted by Crippen LogP contribution is 2.34. The number of anilines is 1. The van der Waals surface area contributed by atoms with Crippen LogP contribution in [0.5, 0.6) is 11.5 Å². The van der Waals surface area contributed by atoms with Gasteiger partial charge in [-0.3, -0.25) is 4.79 Å². The number of fused-ring (bicyclic) bond motifs is 2. The molecule has 0 bridgehead atoms. The Hall–Kier alpha value is -2.60. The molecule has 21 heavy (non-hydrogen) atoms. The Morgan fingerprint density at radius 2 is 2.00 bits per heavy atom. The van der Waals surface area contributed by atoms with Crippen molar-refractivity contribution < 1.29 is 14.3 Å². The molecule has 1 aliphatic rings. The number of carbonyl (C=O) groups is 1. The van der Waals surface area contributed by atoms with E-state index < -0.39 is 0 Å². The van der Waals surface area contributed by atoms with E-state index in [-0.39, 0.29) is 12.7 Å². The fourth-order valence-electron chi connectivity index (χ4n) is 2.13. The summed E-state index contributed by atoms with van der Waals surface area (Å²) in [5.74, 6) is 1.10. The van der Waals surface area contributed by atoms with Gasteiger partial charge in [0, 0.05) is 11.8 Å². The summed E-state index contributed by atoms with van der Waals surface area (Å²) in [5.41, 5.74) is 1.49. The Labute approximate surface area is 124 Å². The van der Waals surface area contributed by atoms with E-state index in [1.807, 2.05) is 24.3 Å². The third-order valence-electron chi connectivity index (χ3n) is 3.12. The number of hydrogen-bond acceptors (Lipinski definition) is 5. The van der Waals surface area contributed by atoms with Gasteiger partial charge in [-0.2, -0.15) is 0 Å². The first kappa shape index (κ1) is 12.2. The number of nitrogens with one attached hydrogen (secondary N) is 1. The molecule has 0 saturated heterocycles. The summed E-state index contributed by atoms with van der Waals surface area (Å²) < 4.78 is 11.5. The van der Waals surface area contributed by atoms with Crippen molar-refractivity contribution in [2.45, 2.75) is 0 Å². The van der Waals surface area contributed by atoms with E-state index in [1.165, 1.54) is 11.3 Å².